The van der Waals surface area contributed by atoms with Gasteiger partial charge in [0.2, 0.25) is 0 Å². The van der Waals surface area contributed by atoms with E-state index in [0.29, 0.717) is 11.4 Å². The number of carbonyl (C=O) groups is 2. The number of thioether (sulfide) groups is 2. The molecule has 0 fully saturated rings. The van der Waals surface area contributed by atoms with Crippen molar-refractivity contribution in [2.24, 2.45) is 0 Å². The van der Waals surface area contributed by atoms with Crippen LogP contribution in [0.3, 0.4) is 0 Å². The summed E-state index contributed by atoms with van der Waals surface area (Å²) < 4.78 is -2.10. The van der Waals surface area contributed by atoms with Crippen LogP contribution in [0, 0.1) is 18.3 Å². The Kier molecular flexibility index (Phi) is 8.95. The maximum absolute atomic E-state index is 12.0. The second-order valence-corrected chi connectivity index (χ2v) is 13.9. The molecule has 0 saturated carbocycles. The van der Waals surface area contributed by atoms with Gasteiger partial charge in [0.25, 0.3) is 0 Å². The van der Waals surface area contributed by atoms with Crippen molar-refractivity contribution in [3.63, 3.8) is 0 Å². The van der Waals surface area contributed by atoms with E-state index in [4.69, 9.17) is 0 Å². The second kappa shape index (κ2) is 12.3. The molecule has 0 aliphatic carbocycles. The molecule has 42 heavy (non-hydrogen) atoms. The Bertz CT molecular complexity index is 1700. The predicted molar refractivity (Wildman–Crippen MR) is 167 cm³/mol. The molecule has 2 heterocycles. The number of nitriles is 1. The van der Waals surface area contributed by atoms with Crippen LogP contribution in [0.15, 0.2) is 83.0 Å². The van der Waals surface area contributed by atoms with Gasteiger partial charge in [0, 0.05) is 45.2 Å². The van der Waals surface area contributed by atoms with Crippen LogP contribution in [-0.4, -0.2) is 41.6 Å². The Morgan fingerprint density at radius 3 is 2.07 bits per heavy atom. The first-order valence-corrected chi connectivity index (χ1v) is 14.6. The number of aromatic nitrogens is 2. The molecule has 0 bridgehead atoms. The molecular weight excluding hydrogens is 569 g/mol. The van der Waals surface area contributed by atoms with Crippen molar-refractivity contribution >= 4 is 47.0 Å². The maximum Gasteiger partial charge on any atom is 0.319 e. The molecule has 0 aliphatic rings. The molecule has 214 valence electrons. The summed E-state index contributed by atoms with van der Waals surface area (Å²) in [5, 5.41) is 31.9. The van der Waals surface area contributed by atoms with Crippen LogP contribution >= 0.6 is 23.5 Å². The number of hydrogen-bond acceptors (Lipinski definition) is 8. The van der Waals surface area contributed by atoms with Gasteiger partial charge in [-0.25, -0.2) is 4.98 Å². The summed E-state index contributed by atoms with van der Waals surface area (Å²) in [6.45, 7) is 8.56. The number of aliphatic carboxylic acids is 2. The molecule has 2 aromatic heterocycles. The lowest BCUT2D eigenvalue weighted by molar-refractivity contribution is -0.139. The molecule has 0 amide bonds. The quantitative estimate of drug-likeness (QED) is 0.156. The summed E-state index contributed by atoms with van der Waals surface area (Å²) in [6, 6.07) is 18.8. The van der Waals surface area contributed by atoms with Gasteiger partial charge in [-0.3, -0.25) is 14.6 Å². The zero-order chi connectivity index (χ0) is 30.7. The molecular formula is C32H30N4O4S2. The summed E-state index contributed by atoms with van der Waals surface area (Å²) in [6.07, 6.45) is 5.09. The number of nitrogens with one attached hydrogen (secondary N) is 1. The number of rotatable bonds is 10. The summed E-state index contributed by atoms with van der Waals surface area (Å²) in [5.41, 5.74) is 5.58. The number of hydrogen-bond donors (Lipinski definition) is 3. The van der Waals surface area contributed by atoms with Crippen molar-refractivity contribution in [2.75, 3.05) is 5.32 Å². The highest BCUT2D eigenvalue weighted by molar-refractivity contribution is 8.01. The van der Waals surface area contributed by atoms with E-state index in [-0.39, 0.29) is 0 Å². The molecule has 0 spiro atoms. The highest BCUT2D eigenvalue weighted by Crippen LogP contribution is 2.42. The maximum atomic E-state index is 12.0. The van der Waals surface area contributed by atoms with Gasteiger partial charge in [-0.2, -0.15) is 5.26 Å². The van der Waals surface area contributed by atoms with E-state index in [0.717, 1.165) is 43.3 Å². The van der Waals surface area contributed by atoms with E-state index in [1.165, 1.54) is 23.5 Å². The second-order valence-electron chi connectivity index (χ2n) is 10.6. The van der Waals surface area contributed by atoms with Crippen LogP contribution in [0.2, 0.25) is 0 Å². The zero-order valence-corrected chi connectivity index (χ0v) is 25.4. The average Bonchev–Trinajstić information content (AvgIpc) is 2.94. The fraction of sp³-hybridized carbons (Fsp3) is 0.219. The lowest BCUT2D eigenvalue weighted by Crippen LogP contribution is -2.27. The summed E-state index contributed by atoms with van der Waals surface area (Å²) in [4.78, 5) is 34.0. The Labute approximate surface area is 253 Å². The van der Waals surface area contributed by atoms with Crippen LogP contribution in [0.5, 0.6) is 0 Å². The van der Waals surface area contributed by atoms with Gasteiger partial charge in [-0.15, -0.1) is 23.5 Å². The van der Waals surface area contributed by atoms with Gasteiger partial charge < -0.3 is 15.5 Å². The number of anilines is 2. The topological polar surface area (TPSA) is 136 Å². The van der Waals surface area contributed by atoms with E-state index < -0.39 is 21.4 Å². The largest absolute Gasteiger partial charge is 0.480 e. The average molecular weight is 599 g/mol. The molecule has 2 aromatic carbocycles. The predicted octanol–water partition coefficient (Wildman–Crippen LogP) is 7.64. The smallest absolute Gasteiger partial charge is 0.319 e. The third-order valence-electron chi connectivity index (χ3n) is 6.52. The van der Waals surface area contributed by atoms with Crippen molar-refractivity contribution in [3.05, 3.63) is 84.3 Å². The fourth-order valence-electron chi connectivity index (χ4n) is 4.03. The minimum atomic E-state index is -1.09. The molecule has 4 aromatic rings. The van der Waals surface area contributed by atoms with Crippen LogP contribution in [-0.2, 0) is 9.59 Å². The molecule has 0 saturated heterocycles. The fourth-order valence-corrected chi connectivity index (χ4v) is 6.16. The number of carboxylic acids is 2. The number of aryl methyl sites for hydroxylation is 1. The molecule has 3 N–H and O–H groups in total. The normalized spacial score (nSPS) is 11.5. The SMILES string of the molecule is Cc1cc(C#N)ccc1-c1cnc(Nc2ccc(-c3cnccc3SC(C)(C)C(=O)O)cc2)cc1SC(C)(C)C(=O)O. The van der Waals surface area contributed by atoms with E-state index in [9.17, 15) is 25.1 Å². The van der Waals surface area contributed by atoms with Crippen LogP contribution in [0.25, 0.3) is 22.3 Å². The molecule has 8 nitrogen and oxygen atoms in total. The lowest BCUT2D eigenvalue weighted by atomic mass is 10.00. The van der Waals surface area contributed by atoms with Gasteiger partial charge >= 0.3 is 11.9 Å². The highest BCUT2D eigenvalue weighted by Gasteiger charge is 2.31. The Hall–Kier alpha value is -4.33. The van der Waals surface area contributed by atoms with Crippen molar-refractivity contribution in [2.45, 2.75) is 53.9 Å². The number of carboxylic acid groups (broad SMARTS) is 2. The van der Waals surface area contributed by atoms with E-state index in [2.05, 4.69) is 21.4 Å². The van der Waals surface area contributed by atoms with Crippen LogP contribution < -0.4 is 5.32 Å². The van der Waals surface area contributed by atoms with E-state index in [1.807, 2.05) is 49.4 Å². The number of pyridine rings is 2. The van der Waals surface area contributed by atoms with Crippen molar-refractivity contribution < 1.29 is 19.8 Å². The third kappa shape index (κ3) is 6.93. The van der Waals surface area contributed by atoms with Crippen molar-refractivity contribution in [1.82, 2.24) is 9.97 Å². The number of benzene rings is 2. The molecule has 0 atom stereocenters. The van der Waals surface area contributed by atoms with Crippen molar-refractivity contribution in [3.8, 4) is 28.3 Å². The molecule has 0 unspecified atom stereocenters. The standard InChI is InChI=1S/C32H30N4O4S2/c1-19-14-20(16-33)6-11-23(19)25-18-35-28(15-27(25)42-32(4,5)30(39)40)36-22-9-7-21(8-10-22)24-17-34-13-12-26(24)41-31(2,3)29(37)38/h6-15,17-18H,1-5H3,(H,35,36)(H,37,38)(H,39,40). The summed E-state index contributed by atoms with van der Waals surface area (Å²) in [7, 11) is 0. The minimum absolute atomic E-state index is 0.544. The first kappa shape index (κ1) is 30.6. The molecule has 0 aliphatic heterocycles. The monoisotopic (exact) mass is 598 g/mol. The summed E-state index contributed by atoms with van der Waals surface area (Å²) in [5.74, 6) is -1.29. The third-order valence-corrected chi connectivity index (χ3v) is 9.02. The van der Waals surface area contributed by atoms with Gasteiger partial charge in [0.1, 0.15) is 15.3 Å². The van der Waals surface area contributed by atoms with Gasteiger partial charge in [0.05, 0.1) is 11.6 Å². The van der Waals surface area contributed by atoms with Gasteiger partial charge in [0.15, 0.2) is 0 Å². The van der Waals surface area contributed by atoms with Crippen LogP contribution in [0.1, 0.15) is 38.8 Å². The lowest BCUT2D eigenvalue weighted by Gasteiger charge is -2.22. The Morgan fingerprint density at radius 1 is 0.833 bits per heavy atom. The first-order chi connectivity index (χ1) is 19.8. The molecule has 0 radical (unpaired) electrons. The van der Waals surface area contributed by atoms with Crippen LogP contribution in [0.4, 0.5) is 11.5 Å². The van der Waals surface area contributed by atoms with Gasteiger partial charge in [-0.1, -0.05) is 18.2 Å². The molecule has 10 heteroatoms. The summed E-state index contributed by atoms with van der Waals surface area (Å²) >= 11 is 2.50. The van der Waals surface area contributed by atoms with Crippen molar-refractivity contribution in [1.29, 1.82) is 5.26 Å². The Balaban J connectivity index is 1.65. The minimum Gasteiger partial charge on any atom is -0.480 e. The number of nitrogens with zero attached hydrogens (tertiary/aromatic N) is 3. The Morgan fingerprint density at radius 2 is 1.48 bits per heavy atom. The molecule has 4 rings (SSSR count). The van der Waals surface area contributed by atoms with E-state index in [1.54, 1.807) is 58.4 Å². The zero-order valence-electron chi connectivity index (χ0n) is 23.8. The van der Waals surface area contributed by atoms with E-state index >= 15 is 0 Å². The van der Waals surface area contributed by atoms with Gasteiger partial charge in [-0.05, 0) is 87.7 Å². The highest BCUT2D eigenvalue weighted by atomic mass is 32.2. The first-order valence-electron chi connectivity index (χ1n) is 13.0.